The quantitative estimate of drug-likeness (QED) is 0.839. The second-order valence-electron chi connectivity index (χ2n) is 5.84. The zero-order chi connectivity index (χ0) is 15.2. The Kier molecular flexibility index (Phi) is 5.11. The van der Waals surface area contributed by atoms with Gasteiger partial charge in [0.15, 0.2) is 0 Å². The summed E-state index contributed by atoms with van der Waals surface area (Å²) >= 11 is 1.66. The van der Waals surface area contributed by atoms with Gasteiger partial charge in [-0.05, 0) is 35.8 Å². The summed E-state index contributed by atoms with van der Waals surface area (Å²) in [7, 11) is 0. The van der Waals surface area contributed by atoms with Crippen molar-refractivity contribution in [1.29, 1.82) is 0 Å². The zero-order valence-electron chi connectivity index (χ0n) is 12.6. The number of hydrogen-bond acceptors (Lipinski definition) is 2. The Balaban J connectivity index is 1.63. The molecular weight excluding hydrogens is 292 g/mol. The van der Waals surface area contributed by atoms with E-state index in [4.69, 9.17) is 0 Å². The van der Waals surface area contributed by atoms with Gasteiger partial charge in [0.1, 0.15) is 0 Å². The molecule has 3 rings (SSSR count). The van der Waals surface area contributed by atoms with E-state index in [0.29, 0.717) is 12.5 Å². The first-order chi connectivity index (χ1) is 10.8. The lowest BCUT2D eigenvalue weighted by Gasteiger charge is -2.25. The van der Waals surface area contributed by atoms with Gasteiger partial charge in [0.2, 0.25) is 0 Å². The van der Waals surface area contributed by atoms with Crippen LogP contribution in [0.3, 0.4) is 0 Å². The van der Waals surface area contributed by atoms with E-state index >= 15 is 0 Å². The van der Waals surface area contributed by atoms with E-state index in [1.807, 2.05) is 35.7 Å². The number of urea groups is 1. The number of carbonyl (C=O) groups excluding carboxylic acids is 1. The second kappa shape index (κ2) is 7.45. The predicted octanol–water partition coefficient (Wildman–Crippen LogP) is 4.48. The lowest BCUT2D eigenvalue weighted by molar-refractivity contribution is 0.231. The minimum absolute atomic E-state index is 0.0749. The van der Waals surface area contributed by atoms with Crippen LogP contribution in [-0.4, -0.2) is 6.03 Å². The second-order valence-corrected chi connectivity index (χ2v) is 6.87. The van der Waals surface area contributed by atoms with E-state index in [2.05, 4.69) is 22.8 Å². The lowest BCUT2D eigenvalue weighted by Crippen LogP contribution is -2.39. The minimum Gasteiger partial charge on any atom is -0.333 e. The fourth-order valence-electron chi connectivity index (χ4n) is 3.20. The maximum Gasteiger partial charge on any atom is 0.315 e. The Morgan fingerprint density at radius 1 is 1.14 bits per heavy atom. The first-order valence-electron chi connectivity index (χ1n) is 7.94. The molecule has 1 unspecified atom stereocenters. The lowest BCUT2D eigenvalue weighted by atomic mass is 9.92. The average molecular weight is 314 g/mol. The smallest absolute Gasteiger partial charge is 0.315 e. The Morgan fingerprint density at radius 2 is 1.91 bits per heavy atom. The third-order valence-electron chi connectivity index (χ3n) is 4.32. The zero-order valence-corrected chi connectivity index (χ0v) is 13.4. The molecule has 1 aromatic heterocycles. The molecule has 0 aliphatic heterocycles. The maximum absolute atomic E-state index is 12.3. The van der Waals surface area contributed by atoms with Gasteiger partial charge in [-0.2, -0.15) is 0 Å². The first kappa shape index (κ1) is 15.1. The van der Waals surface area contributed by atoms with E-state index in [9.17, 15) is 4.79 Å². The normalized spacial score (nSPS) is 16.4. The number of thiophene rings is 1. The third kappa shape index (κ3) is 3.89. The predicted molar refractivity (Wildman–Crippen MR) is 90.8 cm³/mol. The van der Waals surface area contributed by atoms with E-state index in [1.165, 1.54) is 36.1 Å². The monoisotopic (exact) mass is 314 g/mol. The molecule has 0 bridgehead atoms. The van der Waals surface area contributed by atoms with Crippen LogP contribution in [0.25, 0.3) is 0 Å². The number of nitrogens with one attached hydrogen (secondary N) is 2. The van der Waals surface area contributed by atoms with Crippen molar-refractivity contribution in [3.05, 3.63) is 58.3 Å². The van der Waals surface area contributed by atoms with Crippen LogP contribution < -0.4 is 10.6 Å². The van der Waals surface area contributed by atoms with Crippen LogP contribution in [0, 0.1) is 5.92 Å². The van der Waals surface area contributed by atoms with Gasteiger partial charge in [0.25, 0.3) is 0 Å². The van der Waals surface area contributed by atoms with Crippen molar-refractivity contribution in [2.75, 3.05) is 0 Å². The number of carbonyl (C=O) groups is 1. The van der Waals surface area contributed by atoms with E-state index in [0.717, 1.165) is 0 Å². The molecule has 1 aliphatic rings. The van der Waals surface area contributed by atoms with Gasteiger partial charge in [0, 0.05) is 4.88 Å². The molecule has 1 saturated carbocycles. The largest absolute Gasteiger partial charge is 0.333 e. The van der Waals surface area contributed by atoms with E-state index in [1.54, 1.807) is 11.3 Å². The molecule has 2 aromatic rings. The SMILES string of the molecule is O=C(NCc1cccs1)NC(c1ccccc1)C1CCCC1. The Hall–Kier alpha value is -1.81. The van der Waals surface area contributed by atoms with Crippen LogP contribution in [0.15, 0.2) is 47.8 Å². The fourth-order valence-corrected chi connectivity index (χ4v) is 3.84. The number of hydrogen-bond donors (Lipinski definition) is 2. The molecule has 116 valence electrons. The van der Waals surface area contributed by atoms with Crippen LogP contribution in [0.2, 0.25) is 0 Å². The summed E-state index contributed by atoms with van der Waals surface area (Å²) in [5.41, 5.74) is 1.21. The number of benzene rings is 1. The van der Waals surface area contributed by atoms with Crippen molar-refractivity contribution >= 4 is 17.4 Å². The summed E-state index contributed by atoms with van der Waals surface area (Å²) < 4.78 is 0. The van der Waals surface area contributed by atoms with Gasteiger partial charge in [0.05, 0.1) is 12.6 Å². The summed E-state index contributed by atoms with van der Waals surface area (Å²) in [6, 6.07) is 14.4. The number of amides is 2. The molecule has 1 fully saturated rings. The molecule has 1 aromatic carbocycles. The maximum atomic E-state index is 12.3. The van der Waals surface area contributed by atoms with Crippen LogP contribution in [-0.2, 0) is 6.54 Å². The van der Waals surface area contributed by atoms with Crippen molar-refractivity contribution in [2.24, 2.45) is 5.92 Å². The van der Waals surface area contributed by atoms with Gasteiger partial charge in [-0.25, -0.2) is 4.79 Å². The molecule has 2 N–H and O–H groups in total. The van der Waals surface area contributed by atoms with Crippen LogP contribution in [0.1, 0.15) is 42.2 Å². The van der Waals surface area contributed by atoms with E-state index in [-0.39, 0.29) is 12.1 Å². The van der Waals surface area contributed by atoms with Crippen LogP contribution >= 0.6 is 11.3 Å². The Labute approximate surface area is 135 Å². The van der Waals surface area contributed by atoms with E-state index < -0.39 is 0 Å². The van der Waals surface area contributed by atoms with Crippen molar-refractivity contribution in [1.82, 2.24) is 10.6 Å². The standard InChI is InChI=1S/C18H22N2OS/c21-18(19-13-16-11-6-12-22-16)20-17(15-9-4-5-10-15)14-7-2-1-3-8-14/h1-3,6-8,11-12,15,17H,4-5,9-10,13H2,(H2,19,20,21). The highest BCUT2D eigenvalue weighted by Gasteiger charge is 2.27. The van der Waals surface area contributed by atoms with Gasteiger partial charge in [-0.3, -0.25) is 0 Å². The van der Waals surface area contributed by atoms with Gasteiger partial charge < -0.3 is 10.6 Å². The molecule has 2 amide bonds. The minimum atomic E-state index is -0.0749. The van der Waals surface area contributed by atoms with Gasteiger partial charge >= 0.3 is 6.03 Å². The van der Waals surface area contributed by atoms with Crippen molar-refractivity contribution in [2.45, 2.75) is 38.3 Å². The molecular formula is C18H22N2OS. The Morgan fingerprint density at radius 3 is 2.59 bits per heavy atom. The van der Waals surface area contributed by atoms with Crippen molar-refractivity contribution in [3.63, 3.8) is 0 Å². The van der Waals surface area contributed by atoms with Crippen LogP contribution in [0.5, 0.6) is 0 Å². The fraction of sp³-hybridized carbons (Fsp3) is 0.389. The molecule has 0 radical (unpaired) electrons. The molecule has 4 heteroatoms. The molecule has 0 spiro atoms. The average Bonchev–Trinajstić information content (AvgIpc) is 3.25. The summed E-state index contributed by atoms with van der Waals surface area (Å²) in [6.45, 7) is 0.593. The van der Waals surface area contributed by atoms with Crippen LogP contribution in [0.4, 0.5) is 4.79 Å². The molecule has 1 aliphatic carbocycles. The molecule has 3 nitrogen and oxygen atoms in total. The van der Waals surface area contributed by atoms with Crippen molar-refractivity contribution in [3.8, 4) is 0 Å². The summed E-state index contributed by atoms with van der Waals surface area (Å²) in [4.78, 5) is 13.4. The first-order valence-corrected chi connectivity index (χ1v) is 8.82. The topological polar surface area (TPSA) is 41.1 Å². The highest BCUT2D eigenvalue weighted by Crippen LogP contribution is 2.35. The highest BCUT2D eigenvalue weighted by atomic mass is 32.1. The molecule has 0 saturated heterocycles. The molecule has 1 atom stereocenters. The van der Waals surface area contributed by atoms with Gasteiger partial charge in [-0.15, -0.1) is 11.3 Å². The molecule has 22 heavy (non-hydrogen) atoms. The summed E-state index contributed by atoms with van der Waals surface area (Å²) in [5, 5.41) is 8.19. The Bertz CT molecular complexity index is 576. The summed E-state index contributed by atoms with van der Waals surface area (Å²) in [5.74, 6) is 0.551. The molecule has 1 heterocycles. The van der Waals surface area contributed by atoms with Crippen molar-refractivity contribution < 1.29 is 4.79 Å². The summed E-state index contributed by atoms with van der Waals surface area (Å²) in [6.07, 6.45) is 4.94. The van der Waals surface area contributed by atoms with Gasteiger partial charge in [-0.1, -0.05) is 49.2 Å². The number of rotatable bonds is 5. The highest BCUT2D eigenvalue weighted by molar-refractivity contribution is 7.09. The third-order valence-corrected chi connectivity index (χ3v) is 5.20.